The highest BCUT2D eigenvalue weighted by Crippen LogP contribution is 2.48. The van der Waals surface area contributed by atoms with Gasteiger partial charge in [-0.05, 0) is 28.7 Å². The van der Waals surface area contributed by atoms with Crippen LogP contribution in [-0.2, 0) is 0 Å². The van der Waals surface area contributed by atoms with Crippen molar-refractivity contribution < 1.29 is 0 Å². The molecule has 0 fully saturated rings. The molecule has 0 amide bonds. The van der Waals surface area contributed by atoms with Gasteiger partial charge in [0.2, 0.25) is 0 Å². The minimum absolute atomic E-state index is 0.339. The minimum atomic E-state index is -1.53. The molecular weight excluding hydrogens is 412 g/mol. The number of allylic oxidation sites excluding steroid dienone is 6. The topological polar surface area (TPSA) is 0 Å². The van der Waals surface area contributed by atoms with Gasteiger partial charge in [-0.2, -0.15) is 0 Å². The first kappa shape index (κ1) is 20.0. The zero-order valence-corrected chi connectivity index (χ0v) is 19.7. The monoisotopic (exact) mass is 438 g/mol. The van der Waals surface area contributed by atoms with Crippen molar-refractivity contribution in [3.8, 4) is 11.1 Å². The normalized spacial score (nSPS) is 14.9. The van der Waals surface area contributed by atoms with Gasteiger partial charge in [0, 0.05) is 5.92 Å². The molecule has 0 aromatic heterocycles. The predicted octanol–water partition coefficient (Wildman–Crippen LogP) is 6.19. The molecule has 158 valence electrons. The molecule has 2 aliphatic carbocycles. The molecule has 0 N–H and O–H groups in total. The second-order valence-electron chi connectivity index (χ2n) is 8.88. The van der Waals surface area contributed by atoms with Gasteiger partial charge in [-0.1, -0.05) is 155 Å². The van der Waals surface area contributed by atoms with Crippen LogP contribution in [0.4, 0.5) is 0 Å². The second kappa shape index (κ2) is 8.69. The van der Waals surface area contributed by atoms with Crippen LogP contribution in [0, 0.1) is 0 Å². The first-order chi connectivity index (χ1) is 16.4. The number of rotatable bonds is 4. The molecule has 0 nitrogen and oxygen atoms in total. The smallest absolute Gasteiger partial charge is 0.0805 e. The molecule has 0 saturated carbocycles. The van der Waals surface area contributed by atoms with Crippen molar-refractivity contribution in [2.75, 3.05) is 0 Å². The SMILES string of the molecule is C1=CC([SiH](c2ccccc2)c2ccccc2)=CC=C(C2c3ccccc3-c3ccccc32)C1. The van der Waals surface area contributed by atoms with Crippen molar-refractivity contribution in [3.05, 3.63) is 155 Å². The van der Waals surface area contributed by atoms with Crippen molar-refractivity contribution in [2.45, 2.75) is 12.3 Å². The Kier molecular flexibility index (Phi) is 5.26. The van der Waals surface area contributed by atoms with Gasteiger partial charge in [0.25, 0.3) is 0 Å². The lowest BCUT2D eigenvalue weighted by Gasteiger charge is -2.18. The van der Waals surface area contributed by atoms with Crippen LogP contribution in [0.25, 0.3) is 11.1 Å². The molecule has 0 aliphatic heterocycles. The lowest BCUT2D eigenvalue weighted by molar-refractivity contribution is 0.937. The molecule has 0 radical (unpaired) electrons. The zero-order chi connectivity index (χ0) is 22.0. The van der Waals surface area contributed by atoms with Crippen LogP contribution in [0.1, 0.15) is 23.5 Å². The first-order valence-electron chi connectivity index (χ1n) is 11.8. The summed E-state index contributed by atoms with van der Waals surface area (Å²) < 4.78 is 0. The van der Waals surface area contributed by atoms with Gasteiger partial charge in [0.15, 0.2) is 0 Å². The zero-order valence-electron chi connectivity index (χ0n) is 18.6. The molecule has 2 aliphatic rings. The molecular formula is C32H26Si. The Morgan fingerprint density at radius 3 is 1.64 bits per heavy atom. The Hall–Kier alpha value is -3.68. The largest absolute Gasteiger partial charge is 0.132 e. The fraction of sp³-hybridized carbons (Fsp3) is 0.0625. The molecule has 0 spiro atoms. The lowest BCUT2D eigenvalue weighted by Crippen LogP contribution is -2.43. The van der Waals surface area contributed by atoms with Crippen LogP contribution in [0.15, 0.2) is 144 Å². The Morgan fingerprint density at radius 1 is 0.545 bits per heavy atom. The van der Waals surface area contributed by atoms with E-state index in [0.717, 1.165) is 6.42 Å². The van der Waals surface area contributed by atoms with Crippen LogP contribution in [0.5, 0.6) is 0 Å². The van der Waals surface area contributed by atoms with Crippen molar-refractivity contribution in [1.82, 2.24) is 0 Å². The highest BCUT2D eigenvalue weighted by atomic mass is 28.3. The quantitative estimate of drug-likeness (QED) is 0.333. The molecule has 1 heteroatoms. The van der Waals surface area contributed by atoms with E-state index < -0.39 is 8.80 Å². The number of hydrogen-bond donors (Lipinski definition) is 0. The van der Waals surface area contributed by atoms with Crippen LogP contribution in [-0.4, -0.2) is 8.80 Å². The highest BCUT2D eigenvalue weighted by Gasteiger charge is 2.30. The average molecular weight is 439 g/mol. The van der Waals surface area contributed by atoms with E-state index in [1.807, 2.05) is 0 Å². The number of benzene rings is 4. The lowest BCUT2D eigenvalue weighted by atomic mass is 9.87. The van der Waals surface area contributed by atoms with Crippen LogP contribution < -0.4 is 10.4 Å². The maximum atomic E-state index is 2.42. The molecule has 0 bridgehead atoms. The summed E-state index contributed by atoms with van der Waals surface area (Å²) in [5.74, 6) is 0.339. The fourth-order valence-corrected chi connectivity index (χ4v) is 8.47. The summed E-state index contributed by atoms with van der Waals surface area (Å²) >= 11 is 0. The molecule has 0 saturated heterocycles. The van der Waals surface area contributed by atoms with Gasteiger partial charge in [-0.15, -0.1) is 0 Å². The fourth-order valence-electron chi connectivity index (χ4n) is 5.49. The number of fused-ring (bicyclic) bond motifs is 3. The van der Waals surface area contributed by atoms with E-state index in [1.165, 1.54) is 43.4 Å². The minimum Gasteiger partial charge on any atom is -0.0805 e. The molecule has 0 atom stereocenters. The summed E-state index contributed by atoms with van der Waals surface area (Å²) in [5.41, 5.74) is 7.13. The van der Waals surface area contributed by atoms with Gasteiger partial charge >= 0.3 is 0 Å². The van der Waals surface area contributed by atoms with Gasteiger partial charge < -0.3 is 0 Å². The standard InChI is InChI=1S/C32H26Si/c1-3-13-25(14-4-1)33(26-15-5-2-6-16-26)27-17-11-12-24(22-23-27)32-30-20-9-7-18-28(30)29-19-8-10-21-31(29)32/h1-11,13-23,32-33H,12H2. The summed E-state index contributed by atoms with van der Waals surface area (Å²) in [6.45, 7) is 0. The van der Waals surface area contributed by atoms with Crippen LogP contribution in [0.3, 0.4) is 0 Å². The van der Waals surface area contributed by atoms with Gasteiger partial charge in [0.05, 0.1) is 0 Å². The Morgan fingerprint density at radius 2 is 1.06 bits per heavy atom. The van der Waals surface area contributed by atoms with Gasteiger partial charge in [0.1, 0.15) is 8.80 Å². The Labute approximate surface area is 197 Å². The van der Waals surface area contributed by atoms with Gasteiger partial charge in [-0.3, -0.25) is 0 Å². The average Bonchev–Trinajstić information content (AvgIpc) is 3.03. The Bertz CT molecular complexity index is 1290. The maximum Gasteiger partial charge on any atom is 0.132 e. The van der Waals surface area contributed by atoms with E-state index in [2.05, 4.69) is 133 Å². The third-order valence-corrected chi connectivity index (χ3v) is 10.1. The van der Waals surface area contributed by atoms with E-state index >= 15 is 0 Å². The van der Waals surface area contributed by atoms with E-state index in [-0.39, 0.29) is 0 Å². The highest BCUT2D eigenvalue weighted by molar-refractivity contribution is 6.91. The van der Waals surface area contributed by atoms with Crippen molar-refractivity contribution in [1.29, 1.82) is 0 Å². The van der Waals surface area contributed by atoms with Crippen LogP contribution in [0.2, 0.25) is 0 Å². The Balaban J connectivity index is 1.45. The molecule has 6 rings (SSSR count). The second-order valence-corrected chi connectivity index (χ2v) is 11.7. The van der Waals surface area contributed by atoms with Crippen LogP contribution >= 0.6 is 0 Å². The molecule has 4 aromatic carbocycles. The summed E-state index contributed by atoms with van der Waals surface area (Å²) in [6.07, 6.45) is 10.6. The van der Waals surface area contributed by atoms with Gasteiger partial charge in [-0.25, -0.2) is 0 Å². The van der Waals surface area contributed by atoms with Crippen molar-refractivity contribution in [2.24, 2.45) is 0 Å². The third-order valence-electron chi connectivity index (χ3n) is 6.96. The molecule has 33 heavy (non-hydrogen) atoms. The first-order valence-corrected chi connectivity index (χ1v) is 13.5. The van der Waals surface area contributed by atoms with E-state index in [0.29, 0.717) is 5.92 Å². The van der Waals surface area contributed by atoms with Crippen molar-refractivity contribution >= 4 is 19.2 Å². The summed E-state index contributed by atoms with van der Waals surface area (Å²) in [7, 11) is -1.53. The molecule has 0 unspecified atom stereocenters. The maximum absolute atomic E-state index is 2.42. The third kappa shape index (κ3) is 3.65. The summed E-state index contributed by atoms with van der Waals surface area (Å²) in [5, 5.41) is 4.41. The van der Waals surface area contributed by atoms with E-state index in [1.54, 1.807) is 0 Å². The predicted molar refractivity (Wildman–Crippen MR) is 143 cm³/mol. The van der Waals surface area contributed by atoms with Crippen molar-refractivity contribution in [3.63, 3.8) is 0 Å². The summed E-state index contributed by atoms with van der Waals surface area (Å²) in [6, 6.07) is 40.0. The van der Waals surface area contributed by atoms with E-state index in [9.17, 15) is 0 Å². The molecule has 4 aromatic rings. The summed E-state index contributed by atoms with van der Waals surface area (Å²) in [4.78, 5) is 0. The molecule has 0 heterocycles. The number of hydrogen-bond acceptors (Lipinski definition) is 0. The van der Waals surface area contributed by atoms with E-state index in [4.69, 9.17) is 0 Å².